The number of pyridine rings is 1. The number of aromatic nitrogens is 3. The van der Waals surface area contributed by atoms with Crippen LogP contribution in [0.15, 0.2) is 6.07 Å². The average molecular weight is 401 g/mol. The highest BCUT2D eigenvalue weighted by molar-refractivity contribution is 6.06. The van der Waals surface area contributed by atoms with E-state index in [1.807, 2.05) is 22.6 Å². The molecule has 2 aromatic rings. The lowest BCUT2D eigenvalue weighted by atomic mass is 10.00. The van der Waals surface area contributed by atoms with E-state index in [4.69, 9.17) is 19.6 Å². The average Bonchev–Trinajstić information content (AvgIpc) is 3.25. The Morgan fingerprint density at radius 1 is 1.17 bits per heavy atom. The molecule has 4 heterocycles. The molecule has 2 saturated heterocycles. The molecule has 1 amide bonds. The predicted molar refractivity (Wildman–Crippen MR) is 111 cm³/mol. The van der Waals surface area contributed by atoms with Crippen molar-refractivity contribution in [3.8, 4) is 0 Å². The third kappa shape index (κ3) is 3.55. The highest BCUT2D eigenvalue weighted by Gasteiger charge is 2.41. The van der Waals surface area contributed by atoms with E-state index in [0.717, 1.165) is 22.4 Å². The zero-order valence-corrected chi connectivity index (χ0v) is 18.4. The Labute approximate surface area is 172 Å². The van der Waals surface area contributed by atoms with Crippen LogP contribution in [-0.2, 0) is 15.0 Å². The molecule has 7 heteroatoms. The Balaban J connectivity index is 1.74. The molecule has 1 spiro atoms. The van der Waals surface area contributed by atoms with Gasteiger partial charge >= 0.3 is 0 Å². The van der Waals surface area contributed by atoms with Crippen molar-refractivity contribution in [2.45, 2.75) is 71.6 Å². The van der Waals surface area contributed by atoms with E-state index in [0.29, 0.717) is 44.7 Å². The second kappa shape index (κ2) is 7.06. The van der Waals surface area contributed by atoms with Crippen LogP contribution in [0.3, 0.4) is 0 Å². The molecular weight excluding hydrogens is 368 g/mol. The summed E-state index contributed by atoms with van der Waals surface area (Å²) in [5, 5.41) is 5.61. The van der Waals surface area contributed by atoms with Gasteiger partial charge in [-0.3, -0.25) is 4.79 Å². The number of amides is 1. The molecule has 2 aromatic heterocycles. The fourth-order valence-corrected chi connectivity index (χ4v) is 4.25. The van der Waals surface area contributed by atoms with Crippen LogP contribution in [0.2, 0.25) is 0 Å². The fraction of sp³-hybridized carbons (Fsp3) is 0.682. The number of carbonyl (C=O) groups excluding carboxylic acids is 1. The van der Waals surface area contributed by atoms with E-state index in [9.17, 15) is 4.79 Å². The standard InChI is InChI=1S/C22H32N4O3/c1-14(2)17-13-16(18-15(3)24-26(19(18)23-17)21(4,5)6)20(27)25-9-7-22(8-10-25)28-11-12-29-22/h13-14H,7-12H2,1-6H3. The molecule has 7 nitrogen and oxygen atoms in total. The summed E-state index contributed by atoms with van der Waals surface area (Å²) in [5.41, 5.74) is 3.04. The van der Waals surface area contributed by atoms with E-state index in [2.05, 4.69) is 34.6 Å². The lowest BCUT2D eigenvalue weighted by Crippen LogP contribution is -2.47. The Kier molecular flexibility index (Phi) is 4.94. The molecule has 2 fully saturated rings. The summed E-state index contributed by atoms with van der Waals surface area (Å²) >= 11 is 0. The van der Waals surface area contributed by atoms with E-state index >= 15 is 0 Å². The van der Waals surface area contributed by atoms with E-state index in [1.165, 1.54) is 0 Å². The van der Waals surface area contributed by atoms with Crippen LogP contribution in [0.4, 0.5) is 0 Å². The van der Waals surface area contributed by atoms with Crippen LogP contribution < -0.4 is 0 Å². The molecule has 0 N–H and O–H groups in total. The van der Waals surface area contributed by atoms with Gasteiger partial charge in [0.1, 0.15) is 0 Å². The van der Waals surface area contributed by atoms with E-state index in [-0.39, 0.29) is 17.4 Å². The summed E-state index contributed by atoms with van der Waals surface area (Å²) in [6.07, 6.45) is 1.43. The first kappa shape index (κ1) is 20.3. The van der Waals surface area contributed by atoms with Crippen molar-refractivity contribution >= 4 is 16.9 Å². The van der Waals surface area contributed by atoms with E-state index in [1.54, 1.807) is 0 Å². The van der Waals surface area contributed by atoms with Crippen LogP contribution >= 0.6 is 0 Å². The lowest BCUT2D eigenvalue weighted by molar-refractivity contribution is -0.181. The number of ether oxygens (including phenoxy) is 2. The second-order valence-corrected chi connectivity index (χ2v) is 9.52. The molecule has 2 aliphatic heterocycles. The van der Waals surface area contributed by atoms with Crippen molar-refractivity contribution in [2.24, 2.45) is 0 Å². The van der Waals surface area contributed by atoms with Crippen LogP contribution in [0, 0.1) is 6.92 Å². The van der Waals surface area contributed by atoms with Crippen LogP contribution in [0.5, 0.6) is 0 Å². The predicted octanol–water partition coefficient (Wildman–Crippen LogP) is 3.60. The summed E-state index contributed by atoms with van der Waals surface area (Å²) in [4.78, 5) is 20.4. The summed E-state index contributed by atoms with van der Waals surface area (Å²) in [6, 6.07) is 1.96. The van der Waals surface area contributed by atoms with Crippen LogP contribution in [0.1, 0.15) is 75.1 Å². The van der Waals surface area contributed by atoms with Crippen molar-refractivity contribution in [1.82, 2.24) is 19.7 Å². The first-order valence-corrected chi connectivity index (χ1v) is 10.6. The number of carbonyl (C=O) groups is 1. The highest BCUT2D eigenvalue weighted by Crippen LogP contribution is 2.34. The summed E-state index contributed by atoms with van der Waals surface area (Å²) in [6.45, 7) is 15.0. The molecule has 158 valence electrons. The number of fused-ring (bicyclic) bond motifs is 1. The Morgan fingerprint density at radius 2 is 1.79 bits per heavy atom. The lowest BCUT2D eigenvalue weighted by Gasteiger charge is -2.37. The van der Waals surface area contributed by atoms with Gasteiger partial charge in [-0.1, -0.05) is 13.8 Å². The zero-order valence-electron chi connectivity index (χ0n) is 18.4. The number of likely N-dealkylation sites (tertiary alicyclic amines) is 1. The third-order valence-corrected chi connectivity index (χ3v) is 5.92. The molecule has 0 bridgehead atoms. The van der Waals surface area contributed by atoms with Gasteiger partial charge < -0.3 is 14.4 Å². The zero-order chi connectivity index (χ0) is 21.0. The van der Waals surface area contributed by atoms with Crippen molar-refractivity contribution in [3.05, 3.63) is 23.0 Å². The van der Waals surface area contributed by atoms with Crippen molar-refractivity contribution in [1.29, 1.82) is 0 Å². The molecule has 4 rings (SSSR count). The molecule has 0 aromatic carbocycles. The molecule has 29 heavy (non-hydrogen) atoms. The number of hydrogen-bond acceptors (Lipinski definition) is 5. The Morgan fingerprint density at radius 3 is 2.34 bits per heavy atom. The van der Waals surface area contributed by atoms with Gasteiger partial charge in [0.05, 0.1) is 35.4 Å². The minimum atomic E-state index is -0.486. The molecule has 0 aliphatic carbocycles. The van der Waals surface area contributed by atoms with Crippen molar-refractivity contribution in [3.63, 3.8) is 0 Å². The minimum Gasteiger partial charge on any atom is -0.347 e. The third-order valence-electron chi connectivity index (χ3n) is 5.92. The monoisotopic (exact) mass is 400 g/mol. The second-order valence-electron chi connectivity index (χ2n) is 9.52. The van der Waals surface area contributed by atoms with Gasteiger partial charge in [-0.2, -0.15) is 5.10 Å². The maximum Gasteiger partial charge on any atom is 0.254 e. The summed E-state index contributed by atoms with van der Waals surface area (Å²) in [5.74, 6) is -0.219. The van der Waals surface area contributed by atoms with Gasteiger partial charge in [0.15, 0.2) is 11.4 Å². The number of hydrogen-bond donors (Lipinski definition) is 0. The maximum absolute atomic E-state index is 13.6. The SMILES string of the molecule is Cc1nn(C(C)(C)C)c2nc(C(C)C)cc(C(=O)N3CCC4(CC3)OCCO4)c12. The summed E-state index contributed by atoms with van der Waals surface area (Å²) < 4.78 is 13.6. The Hall–Kier alpha value is -1.99. The number of aryl methyl sites for hydroxylation is 1. The van der Waals surface area contributed by atoms with Crippen LogP contribution in [0.25, 0.3) is 11.0 Å². The topological polar surface area (TPSA) is 69.5 Å². The largest absolute Gasteiger partial charge is 0.347 e. The van der Waals surface area contributed by atoms with Gasteiger partial charge in [-0.15, -0.1) is 0 Å². The summed E-state index contributed by atoms with van der Waals surface area (Å²) in [7, 11) is 0. The molecule has 0 saturated carbocycles. The number of nitrogens with zero attached hydrogens (tertiary/aromatic N) is 4. The molecular formula is C22H32N4O3. The van der Waals surface area contributed by atoms with Crippen molar-refractivity contribution in [2.75, 3.05) is 26.3 Å². The number of rotatable bonds is 2. The Bertz CT molecular complexity index is 926. The molecule has 0 radical (unpaired) electrons. The van der Waals surface area contributed by atoms with Gasteiger partial charge in [0.25, 0.3) is 5.91 Å². The van der Waals surface area contributed by atoms with Crippen molar-refractivity contribution < 1.29 is 14.3 Å². The fourth-order valence-electron chi connectivity index (χ4n) is 4.25. The highest BCUT2D eigenvalue weighted by atomic mass is 16.7. The first-order valence-electron chi connectivity index (χ1n) is 10.6. The van der Waals surface area contributed by atoms with Gasteiger partial charge in [-0.25, -0.2) is 9.67 Å². The quantitative estimate of drug-likeness (QED) is 0.770. The van der Waals surface area contributed by atoms with Gasteiger partial charge in [-0.05, 0) is 39.7 Å². The first-order chi connectivity index (χ1) is 13.6. The molecule has 2 aliphatic rings. The molecule has 0 atom stereocenters. The normalized spacial score (nSPS) is 19.6. The number of piperidine rings is 1. The maximum atomic E-state index is 13.6. The van der Waals surface area contributed by atoms with Crippen LogP contribution in [-0.4, -0.2) is 57.7 Å². The molecule has 0 unspecified atom stereocenters. The smallest absolute Gasteiger partial charge is 0.254 e. The minimum absolute atomic E-state index is 0.0451. The van der Waals surface area contributed by atoms with Gasteiger partial charge in [0, 0.05) is 31.6 Å². The van der Waals surface area contributed by atoms with Gasteiger partial charge in [0.2, 0.25) is 0 Å². The van der Waals surface area contributed by atoms with E-state index < -0.39 is 5.79 Å².